The van der Waals surface area contributed by atoms with Crippen molar-refractivity contribution < 1.29 is 9.53 Å². The van der Waals surface area contributed by atoms with Gasteiger partial charge in [-0.2, -0.15) is 0 Å². The molecule has 0 bridgehead atoms. The first-order valence-corrected chi connectivity index (χ1v) is 19.3. The first kappa shape index (κ1) is 27.1. The molecule has 3 aliphatic heterocycles. The summed E-state index contributed by atoms with van der Waals surface area (Å²) in [6.45, 7) is 16.5. The zero-order chi connectivity index (χ0) is 27.1. The summed E-state index contributed by atoms with van der Waals surface area (Å²) >= 11 is 1.62. The van der Waals surface area contributed by atoms with Crippen LogP contribution in [0.2, 0.25) is 19.6 Å². The molecule has 8 heteroatoms. The molecule has 210 valence electrons. The van der Waals surface area contributed by atoms with Crippen molar-refractivity contribution in [2.75, 3.05) is 48.8 Å². The van der Waals surface area contributed by atoms with E-state index in [2.05, 4.69) is 70.2 Å². The number of anilines is 2. The predicted molar refractivity (Wildman–Crippen MR) is 167 cm³/mol. The highest BCUT2D eigenvalue weighted by Gasteiger charge is 2.33. The van der Waals surface area contributed by atoms with Crippen LogP contribution in [0.15, 0.2) is 30.5 Å². The molecule has 6 nitrogen and oxygen atoms in total. The number of carbonyl (C=O) groups excluding carboxylic acids is 1. The van der Waals surface area contributed by atoms with E-state index in [1.54, 1.807) is 11.3 Å². The molecule has 0 amide bonds. The first-order chi connectivity index (χ1) is 18.8. The number of aldehydes is 1. The molecule has 2 fully saturated rings. The third-order valence-corrected chi connectivity index (χ3v) is 11.0. The number of thiophene rings is 1. The minimum Gasteiger partial charge on any atom is -0.383 e. The van der Waals surface area contributed by atoms with Crippen LogP contribution in [-0.2, 0) is 24.2 Å². The van der Waals surface area contributed by atoms with E-state index in [-0.39, 0.29) is 0 Å². The maximum Gasteiger partial charge on any atom is 0.160 e. The van der Waals surface area contributed by atoms with Crippen molar-refractivity contribution in [2.24, 2.45) is 0 Å². The van der Waals surface area contributed by atoms with Crippen molar-refractivity contribution in [1.82, 2.24) is 9.47 Å². The fourth-order valence-electron chi connectivity index (χ4n) is 6.77. The van der Waals surface area contributed by atoms with Gasteiger partial charge in [-0.3, -0.25) is 9.69 Å². The molecule has 2 atom stereocenters. The summed E-state index contributed by atoms with van der Waals surface area (Å²) in [5.74, 6) is 0. The van der Waals surface area contributed by atoms with E-state index in [9.17, 15) is 4.79 Å². The molecule has 0 radical (unpaired) electrons. The van der Waals surface area contributed by atoms with Crippen LogP contribution < -0.4 is 9.80 Å². The van der Waals surface area contributed by atoms with Gasteiger partial charge in [0.15, 0.2) is 6.29 Å². The number of nitrogens with zero attached hydrogens (tertiary/aromatic N) is 4. The standard InChI is InChI=1S/C31H44N4O2SSi/c1-23-6-5-11-35(23)27-10-13-32(19-27)26-8-7-25-18-33(12-9-24(25)16-26)30-20-34(14-15-37-22-39(2,3)4)29-17-28(21-36)38-31(29)30/h7-8,16-17,20-21,23,27H,5-6,9-15,18-19,22H2,1-4H3/t23-,27-/m0/s1. The van der Waals surface area contributed by atoms with Crippen LogP contribution in [0.4, 0.5) is 11.4 Å². The Morgan fingerprint density at radius 3 is 2.72 bits per heavy atom. The summed E-state index contributed by atoms with van der Waals surface area (Å²) in [5.41, 5.74) is 6.74. The van der Waals surface area contributed by atoms with Gasteiger partial charge in [0.1, 0.15) is 0 Å². The number of benzene rings is 1. The minimum atomic E-state index is -1.22. The molecule has 0 spiro atoms. The summed E-state index contributed by atoms with van der Waals surface area (Å²) in [6.07, 6.45) is 9.22. The van der Waals surface area contributed by atoms with Gasteiger partial charge in [0.2, 0.25) is 0 Å². The average Bonchev–Trinajstić information content (AvgIpc) is 3.70. The fraction of sp³-hybridized carbons (Fsp3) is 0.581. The van der Waals surface area contributed by atoms with Crippen molar-refractivity contribution in [3.05, 3.63) is 46.5 Å². The van der Waals surface area contributed by atoms with Crippen LogP contribution in [0.3, 0.4) is 0 Å². The quantitative estimate of drug-likeness (QED) is 0.180. The van der Waals surface area contributed by atoms with Crippen molar-refractivity contribution in [3.8, 4) is 0 Å². The fourth-order valence-corrected chi connectivity index (χ4v) is 8.55. The molecule has 6 rings (SSSR count). The lowest BCUT2D eigenvalue weighted by molar-refractivity contribution is 0.112. The smallest absolute Gasteiger partial charge is 0.160 e. The Hall–Kier alpha value is -2.13. The number of aromatic nitrogens is 1. The van der Waals surface area contributed by atoms with Gasteiger partial charge in [-0.1, -0.05) is 25.7 Å². The number of fused-ring (bicyclic) bond motifs is 2. The molecular weight excluding hydrogens is 521 g/mol. The van der Waals surface area contributed by atoms with Crippen molar-refractivity contribution in [1.29, 1.82) is 0 Å². The van der Waals surface area contributed by atoms with E-state index in [0.717, 1.165) is 55.0 Å². The zero-order valence-corrected chi connectivity index (χ0v) is 25.9. The van der Waals surface area contributed by atoms with Crippen LogP contribution in [-0.4, -0.2) is 74.9 Å². The molecule has 3 aromatic rings. The highest BCUT2D eigenvalue weighted by Crippen LogP contribution is 2.38. The zero-order valence-electron chi connectivity index (χ0n) is 24.1. The third kappa shape index (κ3) is 5.71. The normalized spacial score (nSPS) is 22.3. The molecule has 0 N–H and O–H groups in total. The van der Waals surface area contributed by atoms with Crippen LogP contribution in [0.5, 0.6) is 0 Å². The van der Waals surface area contributed by atoms with Gasteiger partial charge < -0.3 is 19.1 Å². The summed E-state index contributed by atoms with van der Waals surface area (Å²) in [4.78, 5) is 20.3. The second-order valence-electron chi connectivity index (χ2n) is 13.0. The van der Waals surface area contributed by atoms with Crippen molar-refractivity contribution in [2.45, 2.75) is 77.4 Å². The second-order valence-corrected chi connectivity index (χ2v) is 19.5. The SMILES string of the molecule is C[C@H]1CCCN1[C@H]1CCN(c2ccc3c(c2)CCN(c2cn(CCOC[Si](C)(C)C)c4cc(C=O)sc24)C3)C1. The second kappa shape index (κ2) is 11.0. The molecule has 2 saturated heterocycles. The van der Waals surface area contributed by atoms with Gasteiger partial charge in [-0.25, -0.2) is 0 Å². The lowest BCUT2D eigenvalue weighted by Crippen LogP contribution is -2.39. The van der Waals surface area contributed by atoms with Gasteiger partial charge in [0, 0.05) is 62.9 Å². The van der Waals surface area contributed by atoms with Gasteiger partial charge in [0.05, 0.1) is 35.5 Å². The number of hydrogen-bond donors (Lipinski definition) is 0. The van der Waals surface area contributed by atoms with Crippen LogP contribution in [0.25, 0.3) is 10.2 Å². The van der Waals surface area contributed by atoms with E-state index in [1.807, 2.05) is 6.07 Å². The van der Waals surface area contributed by atoms with Gasteiger partial charge in [-0.05, 0) is 68.5 Å². The summed E-state index contributed by atoms with van der Waals surface area (Å²) in [7, 11) is -1.22. The maximum atomic E-state index is 11.6. The Bertz CT molecular complexity index is 1330. The molecule has 1 aromatic carbocycles. The third-order valence-electron chi connectivity index (χ3n) is 8.82. The van der Waals surface area contributed by atoms with E-state index in [1.165, 1.54) is 66.1 Å². The maximum absolute atomic E-state index is 11.6. The lowest BCUT2D eigenvalue weighted by atomic mass is 9.98. The van der Waals surface area contributed by atoms with E-state index < -0.39 is 8.07 Å². The number of ether oxygens (including phenoxy) is 1. The number of hydrogen-bond acceptors (Lipinski definition) is 6. The van der Waals surface area contributed by atoms with Gasteiger partial charge in [-0.15, -0.1) is 11.3 Å². The summed E-state index contributed by atoms with van der Waals surface area (Å²) in [6, 6.07) is 10.7. The number of carbonyl (C=O) groups is 1. The minimum absolute atomic E-state index is 0.708. The van der Waals surface area contributed by atoms with Gasteiger partial charge in [0.25, 0.3) is 0 Å². The first-order valence-electron chi connectivity index (χ1n) is 14.8. The lowest BCUT2D eigenvalue weighted by Gasteiger charge is -2.32. The Kier molecular flexibility index (Phi) is 7.65. The monoisotopic (exact) mass is 564 g/mol. The molecule has 0 unspecified atom stereocenters. The average molecular weight is 565 g/mol. The highest BCUT2D eigenvalue weighted by molar-refractivity contribution is 7.21. The summed E-state index contributed by atoms with van der Waals surface area (Å²) < 4.78 is 9.55. The molecular formula is C31H44N4O2SSi. The van der Waals surface area contributed by atoms with Crippen LogP contribution in [0.1, 0.15) is 47.0 Å². The summed E-state index contributed by atoms with van der Waals surface area (Å²) in [5, 5.41) is 0. The number of likely N-dealkylation sites (tertiary alicyclic amines) is 1. The molecule has 2 aromatic heterocycles. The Morgan fingerprint density at radius 2 is 1.95 bits per heavy atom. The Balaban J connectivity index is 1.16. The molecule has 0 saturated carbocycles. The Morgan fingerprint density at radius 1 is 1.08 bits per heavy atom. The molecule has 0 aliphatic carbocycles. The number of rotatable bonds is 9. The topological polar surface area (TPSA) is 41.0 Å². The molecule has 3 aliphatic rings. The van der Waals surface area contributed by atoms with E-state index in [4.69, 9.17) is 4.74 Å². The van der Waals surface area contributed by atoms with Crippen LogP contribution in [0, 0.1) is 0 Å². The molecule has 5 heterocycles. The van der Waals surface area contributed by atoms with Crippen LogP contribution >= 0.6 is 11.3 Å². The van der Waals surface area contributed by atoms with Crippen molar-refractivity contribution >= 4 is 47.3 Å². The van der Waals surface area contributed by atoms with Gasteiger partial charge >= 0.3 is 0 Å². The van der Waals surface area contributed by atoms with Crippen molar-refractivity contribution in [3.63, 3.8) is 0 Å². The largest absolute Gasteiger partial charge is 0.383 e. The highest BCUT2D eigenvalue weighted by atomic mass is 32.1. The Labute approximate surface area is 238 Å². The predicted octanol–water partition coefficient (Wildman–Crippen LogP) is 6.04. The molecule has 39 heavy (non-hydrogen) atoms. The van der Waals surface area contributed by atoms with E-state index >= 15 is 0 Å². The van der Waals surface area contributed by atoms with E-state index in [0.29, 0.717) is 12.6 Å².